The molecule has 4 aromatic carbocycles. The van der Waals surface area contributed by atoms with Gasteiger partial charge in [0.25, 0.3) is 5.91 Å². The van der Waals surface area contributed by atoms with E-state index < -0.39 is 16.9 Å². The molecule has 2 saturated heterocycles. The molecule has 10 rings (SSSR count). The summed E-state index contributed by atoms with van der Waals surface area (Å²) in [6.45, 7) is 18.2. The summed E-state index contributed by atoms with van der Waals surface area (Å²) in [5.41, 5.74) is 11.3. The van der Waals surface area contributed by atoms with Gasteiger partial charge in [-0.05, 0) is 122 Å². The van der Waals surface area contributed by atoms with Crippen molar-refractivity contribution in [2.45, 2.75) is 96.4 Å². The Labute approximate surface area is 512 Å². The minimum Gasteiger partial charge on any atom is -0.493 e. The van der Waals surface area contributed by atoms with Crippen LogP contribution in [0.1, 0.15) is 116 Å². The average molecular weight is 1210 g/mol. The van der Waals surface area contributed by atoms with Gasteiger partial charge in [-0.1, -0.05) is 74.3 Å². The molecule has 6 heterocycles. The normalized spacial score (nSPS) is 19.7. The Hall–Kier alpha value is -7.60. The summed E-state index contributed by atoms with van der Waals surface area (Å²) in [5, 5.41) is 19.5. The molecule has 6 aromatic rings. The molecule has 0 aliphatic carbocycles. The molecule has 18 nitrogen and oxygen atoms in total. The van der Waals surface area contributed by atoms with Crippen LogP contribution in [-0.4, -0.2) is 144 Å². The standard InChI is InChI=1S/C65H75Cl2FN12O6/c1-8-86-56-37-45(63(2,3)4)15-21-50(56)60-73-64(5,43-11-16-46(66)17-12-43)65(6,44-13-18-47(67)19-14-44)80(60)62(83)77-29-27-76(28-30-77)31-33-85-35-34-84-32-23-57(81)71-24-26-79-55(39-69)58-42-36-54(59(70)72-40-42)78-25-9-10-53(78)51-38-48(68)20-22-49(51)61(82)75(7)41-52(58)74-79/h11-22,36-38,40,53H,8-10,23-35,41H2,1-7H3,(H2,70,72)(H,71,81)/t53-,64+,65-/m1/s1. The number of nitrogens with one attached hydrogen (secondary N) is 1. The largest absolute Gasteiger partial charge is 0.493 e. The van der Waals surface area contributed by atoms with Crippen LogP contribution in [-0.2, 0) is 43.9 Å². The topological polar surface area (TPSA) is 200 Å². The number of nitrogen functional groups attached to an aromatic ring is 1. The molecule has 4 amide bonds. The second-order valence-electron chi connectivity index (χ2n) is 23.6. The van der Waals surface area contributed by atoms with E-state index >= 15 is 4.79 Å². The number of nitrogens with two attached hydrogens (primary N) is 1. The number of rotatable bonds is 17. The van der Waals surface area contributed by atoms with Gasteiger partial charge in [-0.2, -0.15) is 10.4 Å². The molecule has 452 valence electrons. The minimum absolute atomic E-state index is 0.0505. The predicted octanol–water partition coefficient (Wildman–Crippen LogP) is 10.3. The Balaban J connectivity index is 0.721. The summed E-state index contributed by atoms with van der Waals surface area (Å²) in [6, 6.07) is 29.5. The van der Waals surface area contributed by atoms with E-state index in [0.29, 0.717) is 127 Å². The molecule has 2 aromatic heterocycles. The van der Waals surface area contributed by atoms with Gasteiger partial charge in [0.2, 0.25) is 5.91 Å². The van der Waals surface area contributed by atoms with Crippen molar-refractivity contribution in [1.29, 1.82) is 5.26 Å². The van der Waals surface area contributed by atoms with Gasteiger partial charge in [0.15, 0.2) is 0 Å². The first-order valence-electron chi connectivity index (χ1n) is 29.4. The molecule has 4 aliphatic rings. The van der Waals surface area contributed by atoms with Crippen molar-refractivity contribution in [3.63, 3.8) is 0 Å². The van der Waals surface area contributed by atoms with E-state index in [0.717, 1.165) is 28.7 Å². The Morgan fingerprint density at radius 1 is 0.872 bits per heavy atom. The predicted molar refractivity (Wildman–Crippen MR) is 331 cm³/mol. The number of nitriles is 1. The van der Waals surface area contributed by atoms with Crippen molar-refractivity contribution in [1.82, 2.24) is 39.7 Å². The number of carbonyl (C=O) groups is 3. The second kappa shape index (κ2) is 25.8. The van der Waals surface area contributed by atoms with E-state index in [-0.39, 0.29) is 73.5 Å². The lowest BCUT2D eigenvalue weighted by Crippen LogP contribution is -2.60. The number of anilines is 2. The number of carbonyl (C=O) groups excluding carboxylic acids is 3. The molecule has 0 saturated carbocycles. The fourth-order valence-corrected chi connectivity index (χ4v) is 12.6. The monoisotopic (exact) mass is 1210 g/mol. The third-order valence-electron chi connectivity index (χ3n) is 17.2. The van der Waals surface area contributed by atoms with Crippen LogP contribution in [0.2, 0.25) is 10.0 Å². The summed E-state index contributed by atoms with van der Waals surface area (Å²) < 4.78 is 34.5. The van der Waals surface area contributed by atoms with Crippen molar-refractivity contribution in [2.24, 2.45) is 4.99 Å². The number of aromatic nitrogens is 3. The highest BCUT2D eigenvalue weighted by atomic mass is 35.5. The molecular formula is C65H75Cl2FN12O6. The van der Waals surface area contributed by atoms with Gasteiger partial charge in [-0.25, -0.2) is 14.2 Å². The number of hydrogen-bond donors (Lipinski definition) is 2. The molecule has 0 unspecified atom stereocenters. The molecule has 3 atom stereocenters. The Kier molecular flexibility index (Phi) is 18.4. The molecule has 3 N–H and O–H groups in total. The highest BCUT2D eigenvalue weighted by Gasteiger charge is 2.60. The number of pyridine rings is 1. The van der Waals surface area contributed by atoms with Crippen LogP contribution in [0.4, 0.5) is 20.7 Å². The smallest absolute Gasteiger partial charge is 0.326 e. The lowest BCUT2D eigenvalue weighted by molar-refractivity contribution is -0.122. The van der Waals surface area contributed by atoms with Crippen LogP contribution < -0.4 is 20.7 Å². The fourth-order valence-electron chi connectivity index (χ4n) is 12.3. The summed E-state index contributed by atoms with van der Waals surface area (Å²) in [5.74, 6) is 0.476. The van der Waals surface area contributed by atoms with Crippen LogP contribution in [0.25, 0.3) is 11.1 Å². The number of urea groups is 1. The van der Waals surface area contributed by atoms with Crippen LogP contribution >= 0.6 is 23.2 Å². The maximum absolute atomic E-state index is 15.5. The van der Waals surface area contributed by atoms with E-state index in [9.17, 15) is 19.2 Å². The number of aliphatic imine (C=N–C) groups is 1. The Morgan fingerprint density at radius 2 is 1.56 bits per heavy atom. The number of fused-ring (bicyclic) bond motifs is 8. The second-order valence-corrected chi connectivity index (χ2v) is 24.5. The molecule has 21 heteroatoms. The number of piperazine rings is 1. The van der Waals surface area contributed by atoms with Crippen molar-refractivity contribution < 1.29 is 33.0 Å². The molecule has 2 fully saturated rings. The van der Waals surface area contributed by atoms with Crippen LogP contribution in [0.5, 0.6) is 5.75 Å². The number of halogens is 3. The van der Waals surface area contributed by atoms with Gasteiger partial charge in [-0.15, -0.1) is 0 Å². The summed E-state index contributed by atoms with van der Waals surface area (Å²) in [6.07, 6.45) is 3.20. The lowest BCUT2D eigenvalue weighted by atomic mass is 9.71. The zero-order valence-corrected chi connectivity index (χ0v) is 51.5. The highest BCUT2D eigenvalue weighted by molar-refractivity contribution is 6.30. The molecule has 0 radical (unpaired) electrons. The van der Waals surface area contributed by atoms with Gasteiger partial charge in [0.1, 0.15) is 46.1 Å². The van der Waals surface area contributed by atoms with Gasteiger partial charge in [0, 0.05) is 92.2 Å². The van der Waals surface area contributed by atoms with Gasteiger partial charge < -0.3 is 40.0 Å². The molecule has 4 aliphatic heterocycles. The number of nitrogens with zero attached hydrogens (tertiary/aromatic N) is 10. The minimum atomic E-state index is -1.05. The first-order chi connectivity index (χ1) is 41.2. The number of ether oxygens (including phenoxy) is 3. The SMILES string of the molecule is CCOc1cc(C(C)(C)C)ccc1C1=N[C@@](C)(c2ccc(Cl)cc2)[C@@](C)(c2ccc(Cl)cc2)N1C(=O)N1CCN(CCOCCOCCC(=O)NCCn2nc3c(c2C#N)-c2cnc(N)c(c2)N2CCC[C@@H]2c2cc(F)ccc2C(=O)N(C)C3)CC1. The Morgan fingerprint density at radius 3 is 2.24 bits per heavy atom. The van der Waals surface area contributed by atoms with E-state index in [1.54, 1.807) is 13.2 Å². The van der Waals surface area contributed by atoms with Crippen molar-refractivity contribution in [3.05, 3.63) is 158 Å². The zero-order chi connectivity index (χ0) is 61.1. The molecular weight excluding hydrogens is 1130 g/mol. The van der Waals surface area contributed by atoms with Gasteiger partial charge in [-0.3, -0.25) is 29.1 Å². The maximum atomic E-state index is 15.5. The van der Waals surface area contributed by atoms with Crippen LogP contribution in [0, 0.1) is 17.1 Å². The van der Waals surface area contributed by atoms with Crippen molar-refractivity contribution >= 4 is 58.4 Å². The molecule has 86 heavy (non-hydrogen) atoms. The molecule has 0 spiro atoms. The lowest BCUT2D eigenvalue weighted by Gasteiger charge is -2.47. The van der Waals surface area contributed by atoms with Gasteiger partial charge >= 0.3 is 6.03 Å². The third kappa shape index (κ3) is 12.4. The average Bonchev–Trinajstić information content (AvgIpc) is 1.60. The van der Waals surface area contributed by atoms with E-state index in [1.807, 2.05) is 77.4 Å². The van der Waals surface area contributed by atoms with E-state index in [1.165, 1.54) is 27.8 Å². The number of amides is 4. The molecule has 2 bridgehead atoms. The van der Waals surface area contributed by atoms with E-state index in [2.05, 4.69) is 72.9 Å². The van der Waals surface area contributed by atoms with Gasteiger partial charge in [0.05, 0.1) is 69.1 Å². The first-order valence-corrected chi connectivity index (χ1v) is 30.2. The maximum Gasteiger partial charge on any atom is 0.326 e. The number of amidine groups is 1. The van der Waals surface area contributed by atoms with Crippen molar-refractivity contribution in [2.75, 3.05) is 96.5 Å². The fraction of sp³-hybridized carbons (Fsp3) is 0.431. The van der Waals surface area contributed by atoms with Crippen molar-refractivity contribution in [3.8, 4) is 22.9 Å². The summed E-state index contributed by atoms with van der Waals surface area (Å²) >= 11 is 13.0. The summed E-state index contributed by atoms with van der Waals surface area (Å²) in [4.78, 5) is 62.4. The van der Waals surface area contributed by atoms with Crippen LogP contribution in [0.15, 0.2) is 102 Å². The highest BCUT2D eigenvalue weighted by Crippen LogP contribution is 2.54. The summed E-state index contributed by atoms with van der Waals surface area (Å²) in [7, 11) is 1.66. The van der Waals surface area contributed by atoms with Crippen LogP contribution in [0.3, 0.4) is 0 Å². The zero-order valence-electron chi connectivity index (χ0n) is 50.0. The Bertz CT molecular complexity index is 3560. The first kappa shape index (κ1) is 61.5. The number of benzene rings is 4. The van der Waals surface area contributed by atoms with E-state index in [4.69, 9.17) is 53.2 Å². The quantitative estimate of drug-likeness (QED) is 0.0820. The third-order valence-corrected chi connectivity index (χ3v) is 17.7. The number of hydrogen-bond acceptors (Lipinski definition) is 13.